The van der Waals surface area contributed by atoms with Crippen molar-refractivity contribution in [3.8, 4) is 0 Å². The van der Waals surface area contributed by atoms with Gasteiger partial charge in [0.15, 0.2) is 0 Å². The Bertz CT molecular complexity index is 101. The molecule has 0 aromatic carbocycles. The predicted octanol–water partition coefficient (Wildman–Crippen LogP) is 0.806. The van der Waals surface area contributed by atoms with E-state index < -0.39 is 0 Å². The van der Waals surface area contributed by atoms with Crippen LogP contribution in [0.5, 0.6) is 0 Å². The third kappa shape index (κ3) is 4.01. The van der Waals surface area contributed by atoms with Crippen LogP contribution in [0, 0.1) is 0 Å². The van der Waals surface area contributed by atoms with Gasteiger partial charge in [0.05, 0.1) is 13.6 Å². The highest BCUT2D eigenvalue weighted by atomic mass is 15.0. The van der Waals surface area contributed by atoms with Gasteiger partial charge in [0, 0.05) is 6.92 Å². The fraction of sp³-hybridized carbons (Fsp3) is 0.857. The molecule has 0 aromatic rings. The molecule has 0 saturated carbocycles. The van der Waals surface area contributed by atoms with Crippen LogP contribution < -0.4 is 5.73 Å². The lowest BCUT2D eigenvalue weighted by Gasteiger charge is -1.98. The number of hydrogen-bond acceptors (Lipinski definition) is 0. The molecule has 0 aliphatic rings. The molecule has 0 aliphatic heterocycles. The zero-order valence-electron chi connectivity index (χ0n) is 6.65. The first-order valence-electron chi connectivity index (χ1n) is 3.48. The molecule has 0 saturated heterocycles. The van der Waals surface area contributed by atoms with Gasteiger partial charge in [-0.05, 0) is 6.42 Å². The Labute approximate surface area is 57.4 Å². The van der Waals surface area contributed by atoms with Crippen molar-refractivity contribution in [2.24, 2.45) is 5.73 Å². The second kappa shape index (κ2) is 4.36. The van der Waals surface area contributed by atoms with Crippen LogP contribution in [0.2, 0.25) is 0 Å². The van der Waals surface area contributed by atoms with E-state index in [1.165, 1.54) is 12.8 Å². The van der Waals surface area contributed by atoms with E-state index in [1.54, 1.807) is 0 Å². The number of nitrogens with zero attached hydrogens (tertiary/aromatic N) is 1. The van der Waals surface area contributed by atoms with Crippen LogP contribution in [0.1, 0.15) is 26.7 Å². The molecular weight excluding hydrogens is 112 g/mol. The van der Waals surface area contributed by atoms with E-state index in [1.807, 2.05) is 14.0 Å². The smallest absolute Gasteiger partial charge is 0.239 e. The van der Waals surface area contributed by atoms with Crippen LogP contribution in [0.25, 0.3) is 0 Å². The summed E-state index contributed by atoms with van der Waals surface area (Å²) >= 11 is 0. The molecule has 2 nitrogen and oxygen atoms in total. The minimum Gasteiger partial charge on any atom is -0.291 e. The van der Waals surface area contributed by atoms with Crippen LogP contribution in [-0.2, 0) is 0 Å². The lowest BCUT2D eigenvalue weighted by atomic mass is 10.3. The predicted molar refractivity (Wildman–Crippen MR) is 40.8 cm³/mol. The van der Waals surface area contributed by atoms with Gasteiger partial charge in [-0.25, -0.2) is 0 Å². The molecule has 9 heavy (non-hydrogen) atoms. The van der Waals surface area contributed by atoms with Crippen molar-refractivity contribution in [2.75, 3.05) is 13.6 Å². The van der Waals surface area contributed by atoms with Gasteiger partial charge in [0.25, 0.3) is 0 Å². The monoisotopic (exact) mass is 129 g/mol. The maximum absolute atomic E-state index is 5.52. The van der Waals surface area contributed by atoms with E-state index >= 15 is 0 Å². The van der Waals surface area contributed by atoms with E-state index in [-0.39, 0.29) is 0 Å². The summed E-state index contributed by atoms with van der Waals surface area (Å²) in [4.78, 5) is 0. The molecule has 2 N–H and O–H groups in total. The van der Waals surface area contributed by atoms with Crippen LogP contribution >= 0.6 is 0 Å². The van der Waals surface area contributed by atoms with E-state index in [2.05, 4.69) is 11.5 Å². The van der Waals surface area contributed by atoms with Crippen molar-refractivity contribution < 1.29 is 4.58 Å². The number of rotatable bonds is 3. The lowest BCUT2D eigenvalue weighted by Crippen LogP contribution is -2.22. The van der Waals surface area contributed by atoms with Crippen molar-refractivity contribution in [1.82, 2.24) is 0 Å². The lowest BCUT2D eigenvalue weighted by molar-refractivity contribution is -0.499. The zero-order chi connectivity index (χ0) is 7.28. The maximum Gasteiger partial charge on any atom is 0.239 e. The summed E-state index contributed by atoms with van der Waals surface area (Å²) in [7, 11) is 2.02. The molecule has 0 spiro atoms. The highest BCUT2D eigenvalue weighted by molar-refractivity contribution is 5.71. The number of nitrogens with two attached hydrogens (primary N) is 1. The summed E-state index contributed by atoms with van der Waals surface area (Å²) in [5.41, 5.74) is 5.52. The Morgan fingerprint density at radius 1 is 1.56 bits per heavy atom. The van der Waals surface area contributed by atoms with E-state index in [9.17, 15) is 0 Å². The summed E-state index contributed by atoms with van der Waals surface area (Å²) in [5.74, 6) is 0.906. The molecule has 0 fully saturated rings. The zero-order valence-corrected chi connectivity index (χ0v) is 6.65. The molecule has 0 rings (SSSR count). The van der Waals surface area contributed by atoms with Crippen molar-refractivity contribution in [1.29, 1.82) is 0 Å². The average molecular weight is 129 g/mol. The second-order valence-corrected chi connectivity index (χ2v) is 2.42. The van der Waals surface area contributed by atoms with E-state index in [0.29, 0.717) is 0 Å². The van der Waals surface area contributed by atoms with Crippen LogP contribution in [0.3, 0.4) is 0 Å². The van der Waals surface area contributed by atoms with Crippen molar-refractivity contribution >= 4 is 5.84 Å². The minimum atomic E-state index is 0.906. The van der Waals surface area contributed by atoms with Gasteiger partial charge in [-0.2, -0.15) is 0 Å². The van der Waals surface area contributed by atoms with Gasteiger partial charge in [-0.1, -0.05) is 13.3 Å². The standard InChI is InChI=1S/C7H16N2/c1-4-5-6-9(3)7(2)8/h8H,4-6H2,1-3H3/p+1. The van der Waals surface area contributed by atoms with Gasteiger partial charge in [-0.3, -0.25) is 10.3 Å². The third-order valence-electron chi connectivity index (χ3n) is 1.45. The van der Waals surface area contributed by atoms with Crippen molar-refractivity contribution in [3.63, 3.8) is 0 Å². The molecule has 0 radical (unpaired) electrons. The Morgan fingerprint density at radius 3 is 2.44 bits per heavy atom. The Hall–Kier alpha value is -0.530. The Kier molecular flexibility index (Phi) is 4.10. The van der Waals surface area contributed by atoms with Crippen molar-refractivity contribution in [2.45, 2.75) is 26.7 Å². The number of amidine groups is 1. The minimum absolute atomic E-state index is 0.906. The molecule has 0 unspecified atom stereocenters. The highest BCUT2D eigenvalue weighted by Crippen LogP contribution is 1.85. The van der Waals surface area contributed by atoms with Crippen LogP contribution in [0.15, 0.2) is 0 Å². The van der Waals surface area contributed by atoms with Gasteiger partial charge in [-0.15, -0.1) is 0 Å². The van der Waals surface area contributed by atoms with E-state index in [0.717, 1.165) is 12.4 Å². The average Bonchev–Trinajstić information content (AvgIpc) is 1.82. The first kappa shape index (κ1) is 8.47. The number of unbranched alkanes of at least 4 members (excludes halogenated alkanes) is 1. The largest absolute Gasteiger partial charge is 0.291 e. The summed E-state index contributed by atoms with van der Waals surface area (Å²) in [5, 5.41) is 0. The van der Waals surface area contributed by atoms with Gasteiger partial charge >= 0.3 is 0 Å². The number of hydrogen-bond donors (Lipinski definition) is 1. The normalized spacial score (nSPS) is 13.2. The fourth-order valence-corrected chi connectivity index (χ4v) is 0.572. The van der Waals surface area contributed by atoms with Gasteiger partial charge < -0.3 is 0 Å². The highest BCUT2D eigenvalue weighted by Gasteiger charge is 1.93. The first-order valence-corrected chi connectivity index (χ1v) is 3.48. The molecular formula is C7H17N2+. The SMILES string of the molecule is CCCC[N+](C)=C(C)N. The second-order valence-electron chi connectivity index (χ2n) is 2.42. The van der Waals surface area contributed by atoms with Crippen LogP contribution in [0.4, 0.5) is 0 Å². The summed E-state index contributed by atoms with van der Waals surface area (Å²) in [6, 6.07) is 0. The summed E-state index contributed by atoms with van der Waals surface area (Å²) in [6.07, 6.45) is 2.46. The molecule has 0 atom stereocenters. The quantitative estimate of drug-likeness (QED) is 0.341. The molecule has 0 bridgehead atoms. The molecule has 0 aliphatic carbocycles. The molecule has 0 amide bonds. The van der Waals surface area contributed by atoms with Gasteiger partial charge in [0.1, 0.15) is 0 Å². The molecule has 2 heteroatoms. The first-order chi connectivity index (χ1) is 4.18. The maximum atomic E-state index is 5.52. The van der Waals surface area contributed by atoms with Crippen molar-refractivity contribution in [3.05, 3.63) is 0 Å². The van der Waals surface area contributed by atoms with E-state index in [4.69, 9.17) is 5.73 Å². The molecule has 0 aromatic heterocycles. The Morgan fingerprint density at radius 2 is 2.11 bits per heavy atom. The molecule has 0 heterocycles. The Balaban J connectivity index is 3.50. The third-order valence-corrected chi connectivity index (χ3v) is 1.45. The van der Waals surface area contributed by atoms with Gasteiger partial charge in [0.2, 0.25) is 5.84 Å². The topological polar surface area (TPSA) is 29.0 Å². The van der Waals surface area contributed by atoms with Crippen LogP contribution in [-0.4, -0.2) is 24.0 Å². The fourth-order valence-electron chi connectivity index (χ4n) is 0.572. The summed E-state index contributed by atoms with van der Waals surface area (Å²) in [6.45, 7) is 5.19. The summed E-state index contributed by atoms with van der Waals surface area (Å²) < 4.78 is 2.07. The molecule has 54 valence electrons.